The number of halogens is 1. The van der Waals surface area contributed by atoms with Crippen LogP contribution in [0.25, 0.3) is 0 Å². The summed E-state index contributed by atoms with van der Waals surface area (Å²) in [6, 6.07) is 4.55. The second-order valence-corrected chi connectivity index (χ2v) is 4.68. The van der Waals surface area contributed by atoms with E-state index in [4.69, 9.17) is 5.73 Å². The number of hydrogen-bond acceptors (Lipinski definition) is 4. The third-order valence-electron chi connectivity index (χ3n) is 3.27. The lowest BCUT2D eigenvalue weighted by Crippen LogP contribution is -2.25. The Morgan fingerprint density at radius 2 is 1.86 bits per heavy atom. The Hall–Kier alpha value is -1.92. The van der Waals surface area contributed by atoms with Gasteiger partial charge in [0.1, 0.15) is 0 Å². The summed E-state index contributed by atoms with van der Waals surface area (Å²) in [5.41, 5.74) is 6.38. The van der Waals surface area contributed by atoms with Crippen molar-refractivity contribution in [2.24, 2.45) is 5.73 Å². The number of hydrogen-bond donors (Lipinski definition) is 2. The molecule has 1 aliphatic rings. The lowest BCUT2D eigenvalue weighted by molar-refractivity contribution is 0.0693. The normalized spacial score (nSPS) is 13.0. The SMILES string of the molecule is CN1C(=O)c2ccc(C(=O)NCCCCN)cc2C1=O.Cl. The Balaban J connectivity index is 0.00000220. The van der Waals surface area contributed by atoms with Crippen LogP contribution < -0.4 is 11.1 Å². The minimum Gasteiger partial charge on any atom is -0.352 e. The van der Waals surface area contributed by atoms with Crippen LogP contribution in [0.5, 0.6) is 0 Å². The van der Waals surface area contributed by atoms with Gasteiger partial charge in [-0.2, -0.15) is 0 Å². The van der Waals surface area contributed by atoms with Gasteiger partial charge in [0.2, 0.25) is 0 Å². The van der Waals surface area contributed by atoms with E-state index in [-0.39, 0.29) is 35.7 Å². The van der Waals surface area contributed by atoms with Gasteiger partial charge in [0.05, 0.1) is 11.1 Å². The Labute approximate surface area is 129 Å². The molecule has 0 spiro atoms. The Morgan fingerprint density at radius 1 is 1.19 bits per heavy atom. The molecule has 0 atom stereocenters. The molecule has 0 radical (unpaired) electrons. The van der Waals surface area contributed by atoms with E-state index in [1.807, 2.05) is 0 Å². The van der Waals surface area contributed by atoms with E-state index in [0.29, 0.717) is 24.2 Å². The maximum Gasteiger partial charge on any atom is 0.261 e. The molecule has 0 aliphatic carbocycles. The smallest absolute Gasteiger partial charge is 0.261 e. The van der Waals surface area contributed by atoms with Crippen LogP contribution in [0.3, 0.4) is 0 Å². The van der Waals surface area contributed by atoms with Gasteiger partial charge in [-0.1, -0.05) is 0 Å². The molecule has 21 heavy (non-hydrogen) atoms. The van der Waals surface area contributed by atoms with E-state index in [2.05, 4.69) is 5.32 Å². The van der Waals surface area contributed by atoms with E-state index in [9.17, 15) is 14.4 Å². The summed E-state index contributed by atoms with van der Waals surface area (Å²) in [5, 5.41) is 2.76. The molecule has 0 bridgehead atoms. The fraction of sp³-hybridized carbons (Fsp3) is 0.357. The van der Waals surface area contributed by atoms with Crippen molar-refractivity contribution in [2.45, 2.75) is 12.8 Å². The average molecular weight is 312 g/mol. The van der Waals surface area contributed by atoms with Crippen LogP contribution >= 0.6 is 12.4 Å². The number of imide groups is 1. The van der Waals surface area contributed by atoms with Crippen LogP contribution in [0, 0.1) is 0 Å². The van der Waals surface area contributed by atoms with Crippen LogP contribution in [-0.2, 0) is 0 Å². The van der Waals surface area contributed by atoms with E-state index >= 15 is 0 Å². The second-order valence-electron chi connectivity index (χ2n) is 4.68. The van der Waals surface area contributed by atoms with Gasteiger partial charge in [0, 0.05) is 19.2 Å². The van der Waals surface area contributed by atoms with E-state index in [0.717, 1.165) is 17.7 Å². The summed E-state index contributed by atoms with van der Waals surface area (Å²) in [6.07, 6.45) is 1.66. The van der Waals surface area contributed by atoms with Gasteiger partial charge >= 0.3 is 0 Å². The van der Waals surface area contributed by atoms with Crippen molar-refractivity contribution in [1.82, 2.24) is 10.2 Å². The third-order valence-corrected chi connectivity index (χ3v) is 3.27. The quantitative estimate of drug-likeness (QED) is 0.621. The first-order valence-electron chi connectivity index (χ1n) is 6.51. The van der Waals surface area contributed by atoms with Gasteiger partial charge in [0.25, 0.3) is 17.7 Å². The Bertz CT molecular complexity index is 575. The molecule has 3 amide bonds. The molecule has 0 unspecified atom stereocenters. The Morgan fingerprint density at radius 3 is 2.52 bits per heavy atom. The van der Waals surface area contributed by atoms with Gasteiger partial charge < -0.3 is 11.1 Å². The number of rotatable bonds is 5. The van der Waals surface area contributed by atoms with Gasteiger partial charge in [0.15, 0.2) is 0 Å². The van der Waals surface area contributed by atoms with Crippen LogP contribution in [0.1, 0.15) is 43.9 Å². The molecule has 1 aromatic rings. The van der Waals surface area contributed by atoms with Gasteiger partial charge in [-0.05, 0) is 37.6 Å². The first-order valence-corrected chi connectivity index (χ1v) is 6.51. The molecule has 0 fully saturated rings. The summed E-state index contributed by atoms with van der Waals surface area (Å²) >= 11 is 0. The number of nitrogens with zero attached hydrogens (tertiary/aromatic N) is 1. The van der Waals surface area contributed by atoms with Crippen molar-refractivity contribution in [1.29, 1.82) is 0 Å². The molecule has 1 heterocycles. The van der Waals surface area contributed by atoms with Crippen LogP contribution in [0.4, 0.5) is 0 Å². The predicted molar refractivity (Wildman–Crippen MR) is 80.7 cm³/mol. The molecule has 0 saturated carbocycles. The minimum atomic E-state index is -0.372. The zero-order valence-corrected chi connectivity index (χ0v) is 12.5. The van der Waals surface area contributed by atoms with Crippen molar-refractivity contribution in [3.8, 4) is 0 Å². The highest BCUT2D eigenvalue weighted by Gasteiger charge is 2.33. The number of unbranched alkanes of at least 4 members (excludes halogenated alkanes) is 1. The number of benzene rings is 1. The number of carbonyl (C=O) groups is 3. The lowest BCUT2D eigenvalue weighted by Gasteiger charge is -2.05. The number of fused-ring (bicyclic) bond motifs is 1. The first-order chi connectivity index (χ1) is 9.56. The van der Waals surface area contributed by atoms with Crippen LogP contribution in [0.15, 0.2) is 18.2 Å². The predicted octanol–water partition coefficient (Wildman–Crippen LogP) is 0.803. The first kappa shape index (κ1) is 17.1. The second kappa shape index (κ2) is 7.19. The molecule has 0 saturated heterocycles. The maximum absolute atomic E-state index is 11.9. The molecule has 1 aromatic carbocycles. The van der Waals surface area contributed by atoms with Gasteiger partial charge in [-0.15, -0.1) is 12.4 Å². The molecular weight excluding hydrogens is 294 g/mol. The zero-order chi connectivity index (χ0) is 14.7. The van der Waals surface area contributed by atoms with Crippen LogP contribution in [0.2, 0.25) is 0 Å². The summed E-state index contributed by atoms with van der Waals surface area (Å²) in [4.78, 5) is 36.5. The highest BCUT2D eigenvalue weighted by molar-refractivity contribution is 6.21. The van der Waals surface area contributed by atoms with Crippen molar-refractivity contribution >= 4 is 30.1 Å². The molecule has 7 heteroatoms. The lowest BCUT2D eigenvalue weighted by atomic mass is 10.1. The Kier molecular flexibility index (Phi) is 5.87. The third kappa shape index (κ3) is 3.40. The fourth-order valence-corrected chi connectivity index (χ4v) is 2.08. The molecule has 2 rings (SSSR count). The topological polar surface area (TPSA) is 92.5 Å². The molecule has 6 nitrogen and oxygen atoms in total. The minimum absolute atomic E-state index is 0. The maximum atomic E-state index is 11.9. The van der Waals surface area contributed by atoms with Crippen LogP contribution in [-0.4, -0.2) is 42.8 Å². The molecule has 3 N–H and O–H groups in total. The molecule has 114 valence electrons. The van der Waals surface area contributed by atoms with E-state index < -0.39 is 0 Å². The molecular formula is C14H18ClN3O3. The summed E-state index contributed by atoms with van der Waals surface area (Å²) in [5.74, 6) is -0.956. The van der Waals surface area contributed by atoms with Gasteiger partial charge in [-0.3, -0.25) is 19.3 Å². The highest BCUT2D eigenvalue weighted by atomic mass is 35.5. The van der Waals surface area contributed by atoms with Crippen molar-refractivity contribution in [3.63, 3.8) is 0 Å². The largest absolute Gasteiger partial charge is 0.352 e. The molecule has 0 aromatic heterocycles. The number of carbonyl (C=O) groups excluding carboxylic acids is 3. The summed E-state index contributed by atoms with van der Waals surface area (Å²) in [6.45, 7) is 1.14. The van der Waals surface area contributed by atoms with E-state index in [1.54, 1.807) is 6.07 Å². The summed E-state index contributed by atoms with van der Waals surface area (Å²) in [7, 11) is 1.43. The average Bonchev–Trinajstić information content (AvgIpc) is 2.68. The van der Waals surface area contributed by atoms with Crippen molar-refractivity contribution in [2.75, 3.05) is 20.1 Å². The molecule has 1 aliphatic heterocycles. The van der Waals surface area contributed by atoms with Crippen molar-refractivity contribution in [3.05, 3.63) is 34.9 Å². The van der Waals surface area contributed by atoms with Crippen molar-refractivity contribution < 1.29 is 14.4 Å². The number of nitrogens with one attached hydrogen (secondary N) is 1. The standard InChI is InChI=1S/C14H17N3O3.ClH/c1-17-13(19)10-5-4-9(8-11(10)14(17)20)12(18)16-7-3-2-6-15;/h4-5,8H,2-3,6-7,15H2,1H3,(H,16,18);1H. The van der Waals surface area contributed by atoms with Gasteiger partial charge in [-0.25, -0.2) is 0 Å². The van der Waals surface area contributed by atoms with E-state index in [1.165, 1.54) is 19.2 Å². The number of amides is 3. The monoisotopic (exact) mass is 311 g/mol. The fourth-order valence-electron chi connectivity index (χ4n) is 2.08. The summed E-state index contributed by atoms with van der Waals surface area (Å²) < 4.78 is 0. The highest BCUT2D eigenvalue weighted by Crippen LogP contribution is 2.22. The zero-order valence-electron chi connectivity index (χ0n) is 11.7. The number of nitrogens with two attached hydrogens (primary N) is 1.